The molecule has 0 fully saturated rings. The van der Waals surface area contributed by atoms with Crippen molar-refractivity contribution in [2.75, 3.05) is 0 Å². The molecule has 0 radical (unpaired) electrons. The Kier molecular flexibility index (Phi) is 16.9. The van der Waals surface area contributed by atoms with Gasteiger partial charge in [0.25, 0.3) is 0 Å². The third-order valence-corrected chi connectivity index (χ3v) is 2.12. The minimum atomic E-state index is -1.83. The van der Waals surface area contributed by atoms with Gasteiger partial charge in [0.2, 0.25) is 0 Å². The van der Waals surface area contributed by atoms with Gasteiger partial charge in [-0.15, -0.1) is 0 Å². The van der Waals surface area contributed by atoms with Crippen LogP contribution in [0, 0.1) is 0 Å². The second-order valence-electron chi connectivity index (χ2n) is 0.879. The van der Waals surface area contributed by atoms with Gasteiger partial charge in [-0.05, 0) is 9.39 Å². The molecule has 0 aromatic carbocycles. The van der Waals surface area contributed by atoms with Gasteiger partial charge in [-0.1, -0.05) is 9.39 Å². The highest BCUT2D eigenvalue weighted by molar-refractivity contribution is 7.52. The Morgan fingerprint density at radius 1 is 1.64 bits per heavy atom. The molecule has 66 valence electrons. The van der Waals surface area contributed by atoms with Crippen molar-refractivity contribution in [1.82, 2.24) is 9.72 Å². The Morgan fingerprint density at radius 2 is 2.09 bits per heavy atom. The quantitative estimate of drug-likeness (QED) is 0.439. The first-order valence-corrected chi connectivity index (χ1v) is 5.06. The van der Waals surface area contributed by atoms with Crippen molar-refractivity contribution in [3.8, 4) is 0 Å². The summed E-state index contributed by atoms with van der Waals surface area (Å²) in [5.74, 6) is 0. The molecule has 0 aliphatic heterocycles. The Balaban J connectivity index is 0. The molecule has 10 heteroatoms. The zero-order chi connectivity index (χ0) is 9.11. The van der Waals surface area contributed by atoms with E-state index in [1.807, 2.05) is 0 Å². The molecule has 0 aliphatic rings. The molecule has 0 aromatic rings. The summed E-state index contributed by atoms with van der Waals surface area (Å²) in [5.41, 5.74) is 0. The van der Waals surface area contributed by atoms with Crippen LogP contribution in [0.2, 0.25) is 0 Å². The van der Waals surface area contributed by atoms with Crippen LogP contribution in [0.25, 0.3) is 0 Å². The molecule has 11 heavy (non-hydrogen) atoms. The van der Waals surface area contributed by atoms with Gasteiger partial charge >= 0.3 is 6.16 Å². The summed E-state index contributed by atoms with van der Waals surface area (Å²) in [6.45, 7) is 0. The molecule has 0 rings (SSSR count). The smallest absolute Gasteiger partial charge is 0.450 e. The van der Waals surface area contributed by atoms with Crippen LogP contribution in [0.3, 0.4) is 0 Å². The van der Waals surface area contributed by atoms with Crippen molar-refractivity contribution in [2.24, 2.45) is 4.52 Å². The minimum absolute atomic E-state index is 0.565. The highest BCUT2D eigenvalue weighted by Crippen LogP contribution is 2.08. The van der Waals surface area contributed by atoms with Crippen molar-refractivity contribution in [2.45, 2.75) is 0 Å². The zero-order valence-electron chi connectivity index (χ0n) is 5.35. The van der Waals surface area contributed by atoms with Gasteiger partial charge in [0.1, 0.15) is 0 Å². The molecule has 0 aromatic heterocycles. The van der Waals surface area contributed by atoms with Crippen molar-refractivity contribution >= 4 is 42.3 Å². The fourth-order valence-corrected chi connectivity index (χ4v) is 1.88. The minimum Gasteiger partial charge on any atom is -0.450 e. The molecule has 0 saturated carbocycles. The third-order valence-electron chi connectivity index (χ3n) is 0.236. The first-order valence-electron chi connectivity index (χ1n) is 2.12. The fraction of sp³-hybridized carbons (Fsp3) is 0. The average molecular weight is 235 g/mol. The highest BCUT2D eigenvalue weighted by Gasteiger charge is 1.70. The van der Waals surface area contributed by atoms with Crippen LogP contribution >= 0.6 is 36.2 Å². The van der Waals surface area contributed by atoms with Gasteiger partial charge in [-0.25, -0.2) is 14.2 Å². The summed E-state index contributed by atoms with van der Waals surface area (Å²) in [4.78, 5) is 14.4. The number of carbonyl (C=O) groups is 1. The maximum absolute atomic E-state index is 8.56. The maximum atomic E-state index is 8.56. The van der Waals surface area contributed by atoms with Crippen molar-refractivity contribution < 1.29 is 15.0 Å². The molecule has 0 spiro atoms. The predicted molar refractivity (Wildman–Crippen MR) is 54.0 cm³/mol. The van der Waals surface area contributed by atoms with Crippen molar-refractivity contribution in [3.63, 3.8) is 0 Å². The van der Waals surface area contributed by atoms with E-state index in [9.17, 15) is 0 Å². The molecule has 0 aliphatic carbocycles. The van der Waals surface area contributed by atoms with Crippen LogP contribution in [0.4, 0.5) is 4.79 Å². The molecule has 3 unspecified atom stereocenters. The lowest BCUT2D eigenvalue weighted by atomic mass is 11.5. The number of nitrogens with one attached hydrogen (secondary N) is 2. The molecule has 0 saturated heterocycles. The van der Waals surface area contributed by atoms with Crippen molar-refractivity contribution in [1.29, 1.82) is 0 Å². The van der Waals surface area contributed by atoms with E-state index in [1.165, 1.54) is 0 Å². The van der Waals surface area contributed by atoms with E-state index in [4.69, 9.17) is 15.0 Å². The van der Waals surface area contributed by atoms with E-state index < -0.39 is 6.16 Å². The number of rotatable bonds is 3. The Hall–Kier alpha value is 0.580. The van der Waals surface area contributed by atoms with Gasteiger partial charge in [0.15, 0.2) is 0 Å². The molecule has 0 heterocycles. The topological polar surface area (TPSA) is 94.0 Å². The fourth-order valence-electron chi connectivity index (χ4n) is 0.0861. The molecule has 0 bridgehead atoms. The monoisotopic (exact) mass is 235 g/mol. The first kappa shape index (κ1) is 14.1. The zero-order valence-corrected chi connectivity index (χ0v) is 9.56. The number of hydrogen-bond donors (Lipinski definition) is 4. The standard InChI is InChI=1S/CH2O3.H7N3P4/c2-1(3)4;4-1-6-3-7-2-5/h(H2,2,3,4);1,6H,4-5H2,(H,2,3). The normalized spacial score (nSPS) is 10.0. The van der Waals surface area contributed by atoms with Gasteiger partial charge in [-0.2, -0.15) is 0 Å². The van der Waals surface area contributed by atoms with E-state index in [2.05, 4.69) is 33.0 Å². The predicted octanol–water partition coefficient (Wildman–Crippen LogP) is 1.52. The van der Waals surface area contributed by atoms with E-state index in [1.54, 1.807) is 0 Å². The van der Waals surface area contributed by atoms with E-state index in [0.717, 1.165) is 8.52 Å². The summed E-state index contributed by atoms with van der Waals surface area (Å²) in [6, 6.07) is 0. The van der Waals surface area contributed by atoms with Crippen LogP contribution in [-0.2, 0) is 0 Å². The number of hydrogen-bond acceptors (Lipinski definition) is 3. The second kappa shape index (κ2) is 13.2. The summed E-state index contributed by atoms with van der Waals surface area (Å²) in [7, 11) is 6.13. The maximum Gasteiger partial charge on any atom is 0.503 e. The van der Waals surface area contributed by atoms with Gasteiger partial charge in [0, 0.05) is 8.88 Å². The van der Waals surface area contributed by atoms with Gasteiger partial charge in [-0.3, -0.25) is 4.86 Å². The molecule has 6 nitrogen and oxygen atoms in total. The number of nitrogens with zero attached hydrogens (tertiary/aromatic N) is 1. The Morgan fingerprint density at radius 3 is 2.36 bits per heavy atom. The second-order valence-corrected chi connectivity index (χ2v) is 4.30. The van der Waals surface area contributed by atoms with Crippen LogP contribution < -0.4 is 9.72 Å². The molecular weight excluding hydrogens is 226 g/mol. The van der Waals surface area contributed by atoms with Crippen LogP contribution in [0.15, 0.2) is 4.52 Å². The number of carboxylic acid groups (broad SMARTS) is 2. The summed E-state index contributed by atoms with van der Waals surface area (Å²) < 4.78 is 3.71. The van der Waals surface area contributed by atoms with Crippen LogP contribution in [0.1, 0.15) is 0 Å². The molecule has 3 atom stereocenters. The Labute approximate surface area is 72.3 Å². The SMILES string of the molecule is O=C(O)O.PN=PNPNP. The summed E-state index contributed by atoms with van der Waals surface area (Å²) >= 11 is 0. The summed E-state index contributed by atoms with van der Waals surface area (Å²) in [6.07, 6.45) is -1.83. The largest absolute Gasteiger partial charge is 0.503 e. The van der Waals surface area contributed by atoms with Crippen molar-refractivity contribution in [3.05, 3.63) is 0 Å². The summed E-state index contributed by atoms with van der Waals surface area (Å²) in [5, 5.41) is 13.9. The third kappa shape index (κ3) is 37.1. The van der Waals surface area contributed by atoms with Crippen LogP contribution in [0.5, 0.6) is 0 Å². The van der Waals surface area contributed by atoms with Crippen LogP contribution in [-0.4, -0.2) is 16.4 Å². The first-order chi connectivity index (χ1) is 5.15. The van der Waals surface area contributed by atoms with Gasteiger partial charge in [0.05, 0.1) is 8.52 Å². The average Bonchev–Trinajstić information content (AvgIpc) is 1.88. The lowest BCUT2D eigenvalue weighted by Crippen LogP contribution is -1.84. The molecule has 4 N–H and O–H groups in total. The lowest BCUT2D eigenvalue weighted by molar-refractivity contribution is 0.137. The van der Waals surface area contributed by atoms with E-state index in [0.29, 0.717) is 8.88 Å². The lowest BCUT2D eigenvalue weighted by Gasteiger charge is -1.89. The highest BCUT2D eigenvalue weighted by atomic mass is 31.2. The van der Waals surface area contributed by atoms with Gasteiger partial charge < -0.3 is 10.2 Å². The van der Waals surface area contributed by atoms with E-state index >= 15 is 0 Å². The van der Waals surface area contributed by atoms with E-state index in [-0.39, 0.29) is 0 Å². The Bertz CT molecular complexity index is 115. The molecule has 0 amide bonds. The molecular formula is CH9N3O3P4.